The lowest BCUT2D eigenvalue weighted by Crippen LogP contribution is -2.39. The first-order valence-corrected chi connectivity index (χ1v) is 7.17. The standard InChI is InChI=1S/C15H15ClN4O2/c1-18(8-13-12(16)7-17-19(13)2)9-20-14(21)10-5-3-4-6-11(10)15(20)22/h3-7H,8-9H2,1-2H3. The summed E-state index contributed by atoms with van der Waals surface area (Å²) in [6.45, 7) is 0.691. The Balaban J connectivity index is 1.75. The first kappa shape index (κ1) is 14.7. The van der Waals surface area contributed by atoms with Crippen molar-refractivity contribution < 1.29 is 9.59 Å². The molecule has 0 saturated carbocycles. The number of carbonyl (C=O) groups excluding carboxylic acids is 2. The highest BCUT2D eigenvalue weighted by molar-refractivity contribution is 6.31. The number of fused-ring (bicyclic) bond motifs is 1. The molecule has 2 amide bonds. The second-order valence-corrected chi connectivity index (χ2v) is 5.71. The summed E-state index contributed by atoms with van der Waals surface area (Å²) in [6.07, 6.45) is 1.58. The molecule has 1 aliphatic heterocycles. The maximum Gasteiger partial charge on any atom is 0.262 e. The Morgan fingerprint density at radius 1 is 1.18 bits per heavy atom. The van der Waals surface area contributed by atoms with Gasteiger partial charge in [0.25, 0.3) is 11.8 Å². The lowest BCUT2D eigenvalue weighted by molar-refractivity contribution is 0.0557. The minimum atomic E-state index is -0.261. The number of hydrogen-bond acceptors (Lipinski definition) is 4. The summed E-state index contributed by atoms with van der Waals surface area (Å²) in [5.74, 6) is -0.521. The summed E-state index contributed by atoms with van der Waals surface area (Å²) in [6, 6.07) is 6.86. The van der Waals surface area contributed by atoms with Crippen LogP contribution in [0.15, 0.2) is 30.5 Å². The monoisotopic (exact) mass is 318 g/mol. The van der Waals surface area contributed by atoms with Crippen LogP contribution in [0, 0.1) is 0 Å². The zero-order valence-corrected chi connectivity index (χ0v) is 13.0. The zero-order valence-electron chi connectivity index (χ0n) is 12.3. The molecule has 1 aromatic heterocycles. The van der Waals surface area contributed by atoms with E-state index in [4.69, 9.17) is 11.6 Å². The molecule has 0 unspecified atom stereocenters. The lowest BCUT2D eigenvalue weighted by atomic mass is 10.1. The van der Waals surface area contributed by atoms with E-state index < -0.39 is 0 Å². The van der Waals surface area contributed by atoms with E-state index in [-0.39, 0.29) is 18.5 Å². The Bertz CT molecular complexity index is 701. The molecule has 0 fully saturated rings. The fraction of sp³-hybridized carbons (Fsp3) is 0.267. The Hall–Kier alpha value is -2.18. The number of halogens is 1. The number of aromatic nitrogens is 2. The molecule has 0 atom stereocenters. The van der Waals surface area contributed by atoms with Gasteiger partial charge in [-0.2, -0.15) is 5.10 Å². The van der Waals surface area contributed by atoms with Crippen molar-refractivity contribution in [2.24, 2.45) is 7.05 Å². The molecule has 0 N–H and O–H groups in total. The van der Waals surface area contributed by atoms with Gasteiger partial charge in [-0.05, 0) is 19.2 Å². The smallest absolute Gasteiger partial charge is 0.262 e. The Kier molecular flexibility index (Phi) is 3.72. The number of imide groups is 1. The van der Waals surface area contributed by atoms with Gasteiger partial charge in [-0.25, -0.2) is 0 Å². The van der Waals surface area contributed by atoms with Crippen LogP contribution in [0.25, 0.3) is 0 Å². The van der Waals surface area contributed by atoms with Gasteiger partial charge in [-0.3, -0.25) is 24.1 Å². The molecule has 6 nitrogen and oxygen atoms in total. The van der Waals surface area contributed by atoms with Crippen LogP contribution < -0.4 is 0 Å². The Morgan fingerprint density at radius 3 is 2.27 bits per heavy atom. The van der Waals surface area contributed by atoms with Gasteiger partial charge in [0.15, 0.2) is 0 Å². The van der Waals surface area contributed by atoms with Crippen molar-refractivity contribution in [3.8, 4) is 0 Å². The van der Waals surface area contributed by atoms with Crippen LogP contribution in [0.2, 0.25) is 5.02 Å². The van der Waals surface area contributed by atoms with E-state index in [1.54, 1.807) is 42.2 Å². The van der Waals surface area contributed by atoms with E-state index >= 15 is 0 Å². The third-order valence-electron chi connectivity index (χ3n) is 3.69. The second kappa shape index (κ2) is 5.55. The highest BCUT2D eigenvalue weighted by atomic mass is 35.5. The molecule has 0 spiro atoms. The summed E-state index contributed by atoms with van der Waals surface area (Å²) in [7, 11) is 3.63. The van der Waals surface area contributed by atoms with E-state index in [2.05, 4.69) is 5.10 Å². The van der Waals surface area contributed by atoms with Gasteiger partial charge >= 0.3 is 0 Å². The van der Waals surface area contributed by atoms with Gasteiger partial charge in [-0.15, -0.1) is 0 Å². The second-order valence-electron chi connectivity index (χ2n) is 5.30. The van der Waals surface area contributed by atoms with Crippen molar-refractivity contribution in [3.05, 3.63) is 52.3 Å². The topological polar surface area (TPSA) is 58.4 Å². The summed E-state index contributed by atoms with van der Waals surface area (Å²) < 4.78 is 1.68. The largest absolute Gasteiger partial charge is 0.283 e. The fourth-order valence-electron chi connectivity index (χ4n) is 2.53. The third-order valence-corrected chi connectivity index (χ3v) is 4.01. The SMILES string of the molecule is CN(Cc1c(Cl)cnn1C)CN1C(=O)c2ccccc2C1=O. The molecule has 0 saturated heterocycles. The molecule has 0 radical (unpaired) electrons. The summed E-state index contributed by atoms with van der Waals surface area (Å²) in [4.78, 5) is 27.7. The highest BCUT2D eigenvalue weighted by Gasteiger charge is 2.35. The van der Waals surface area contributed by atoms with E-state index in [1.165, 1.54) is 4.90 Å². The van der Waals surface area contributed by atoms with Crippen molar-refractivity contribution in [2.75, 3.05) is 13.7 Å². The molecular weight excluding hydrogens is 304 g/mol. The van der Waals surface area contributed by atoms with Crippen molar-refractivity contribution in [1.82, 2.24) is 19.6 Å². The van der Waals surface area contributed by atoms with Crippen LogP contribution in [0.4, 0.5) is 0 Å². The van der Waals surface area contributed by atoms with Gasteiger partial charge in [0, 0.05) is 13.6 Å². The molecule has 2 heterocycles. The van der Waals surface area contributed by atoms with Crippen LogP contribution in [0.3, 0.4) is 0 Å². The van der Waals surface area contributed by atoms with Crippen LogP contribution in [0.1, 0.15) is 26.4 Å². The van der Waals surface area contributed by atoms with Crippen molar-refractivity contribution >= 4 is 23.4 Å². The molecule has 7 heteroatoms. The molecule has 22 heavy (non-hydrogen) atoms. The van der Waals surface area contributed by atoms with Gasteiger partial charge in [0.05, 0.1) is 34.7 Å². The molecule has 2 aromatic rings. The van der Waals surface area contributed by atoms with Crippen LogP contribution in [0.5, 0.6) is 0 Å². The minimum Gasteiger partial charge on any atom is -0.283 e. The summed E-state index contributed by atoms with van der Waals surface area (Å²) in [5, 5.41) is 4.64. The average Bonchev–Trinajstić information content (AvgIpc) is 2.94. The number of aryl methyl sites for hydroxylation is 1. The highest BCUT2D eigenvalue weighted by Crippen LogP contribution is 2.23. The predicted molar refractivity (Wildman–Crippen MR) is 81.5 cm³/mol. The average molecular weight is 319 g/mol. The normalized spacial score (nSPS) is 14.1. The number of amides is 2. The van der Waals surface area contributed by atoms with Crippen LogP contribution in [-0.4, -0.2) is 45.1 Å². The quantitative estimate of drug-likeness (QED) is 0.806. The van der Waals surface area contributed by atoms with Crippen molar-refractivity contribution in [3.63, 3.8) is 0 Å². The minimum absolute atomic E-state index is 0.202. The fourth-order valence-corrected chi connectivity index (χ4v) is 2.75. The maximum atomic E-state index is 12.3. The zero-order chi connectivity index (χ0) is 15.9. The number of nitrogens with zero attached hydrogens (tertiary/aromatic N) is 4. The van der Waals surface area contributed by atoms with Gasteiger partial charge in [0.2, 0.25) is 0 Å². The van der Waals surface area contributed by atoms with Crippen molar-refractivity contribution in [1.29, 1.82) is 0 Å². The number of hydrogen-bond donors (Lipinski definition) is 0. The molecule has 0 bridgehead atoms. The predicted octanol–water partition coefficient (Wildman–Crippen LogP) is 1.76. The lowest BCUT2D eigenvalue weighted by Gasteiger charge is -2.22. The van der Waals surface area contributed by atoms with Crippen LogP contribution in [-0.2, 0) is 13.6 Å². The number of carbonyl (C=O) groups is 2. The van der Waals surface area contributed by atoms with Crippen LogP contribution >= 0.6 is 11.6 Å². The summed E-state index contributed by atoms with van der Waals surface area (Å²) >= 11 is 6.08. The number of benzene rings is 1. The third kappa shape index (κ3) is 2.40. The first-order valence-electron chi connectivity index (χ1n) is 6.79. The van der Waals surface area contributed by atoms with Gasteiger partial charge in [0.1, 0.15) is 0 Å². The molecule has 3 rings (SSSR count). The molecule has 114 valence electrons. The molecule has 1 aromatic carbocycles. The van der Waals surface area contributed by atoms with E-state index in [0.29, 0.717) is 22.7 Å². The first-order chi connectivity index (χ1) is 10.5. The van der Waals surface area contributed by atoms with E-state index in [0.717, 1.165) is 5.69 Å². The van der Waals surface area contributed by atoms with Crippen molar-refractivity contribution in [2.45, 2.75) is 6.54 Å². The number of rotatable bonds is 4. The van der Waals surface area contributed by atoms with Gasteiger partial charge < -0.3 is 0 Å². The Morgan fingerprint density at radius 2 is 1.77 bits per heavy atom. The van der Waals surface area contributed by atoms with E-state index in [1.807, 2.05) is 11.9 Å². The van der Waals surface area contributed by atoms with E-state index in [9.17, 15) is 9.59 Å². The summed E-state index contributed by atoms with van der Waals surface area (Å²) in [5.41, 5.74) is 1.75. The van der Waals surface area contributed by atoms with Gasteiger partial charge in [-0.1, -0.05) is 23.7 Å². The maximum absolute atomic E-state index is 12.3. The Labute approximate surface area is 132 Å². The molecule has 0 aliphatic carbocycles. The molecular formula is C15H15ClN4O2. The molecule has 1 aliphatic rings.